The van der Waals surface area contributed by atoms with Gasteiger partial charge in [0.2, 0.25) is 0 Å². The Morgan fingerprint density at radius 2 is 1.83 bits per heavy atom. The van der Waals surface area contributed by atoms with Crippen molar-refractivity contribution in [2.24, 2.45) is 9.81 Å². The highest BCUT2D eigenvalue weighted by Crippen LogP contribution is 2.32. The molecule has 0 bridgehead atoms. The van der Waals surface area contributed by atoms with Crippen LogP contribution in [-0.2, 0) is 19.2 Å². The molecule has 2 aromatic heterocycles. The number of rotatable bonds is 11. The highest BCUT2D eigenvalue weighted by Gasteiger charge is 2.45. The lowest BCUT2D eigenvalue weighted by Gasteiger charge is -2.30. The van der Waals surface area contributed by atoms with E-state index in [-0.39, 0.29) is 41.0 Å². The molecular formula is C24H26N6O10S-2. The first-order chi connectivity index (χ1) is 19.2. The van der Waals surface area contributed by atoms with Gasteiger partial charge in [-0.1, -0.05) is 38.1 Å². The zero-order chi connectivity index (χ0) is 30.1. The minimum absolute atomic E-state index is 0.0775. The second-order valence-electron chi connectivity index (χ2n) is 9.88. The minimum atomic E-state index is -4.84. The van der Waals surface area contributed by atoms with Gasteiger partial charge >= 0.3 is 10.3 Å². The number of aliphatic hydroxyl groups is 2. The summed E-state index contributed by atoms with van der Waals surface area (Å²) in [5, 5.41) is 44.9. The fraction of sp³-hybridized carbons (Fsp3) is 0.417. The van der Waals surface area contributed by atoms with Crippen molar-refractivity contribution in [1.82, 2.24) is 19.5 Å². The number of Topliss-reactive ketones (excluding diaryl/α,β-unsaturated/α-hetero) is 1. The number of hydrogen-bond donors (Lipinski definition) is 3. The molecule has 4 N–H and O–H groups in total. The number of anilines is 1. The Labute approximate surface area is 233 Å². The van der Waals surface area contributed by atoms with E-state index in [1.54, 1.807) is 0 Å². The maximum atomic E-state index is 12.7. The van der Waals surface area contributed by atoms with Gasteiger partial charge in [-0.15, -0.1) is 0 Å². The van der Waals surface area contributed by atoms with Crippen LogP contribution in [0.15, 0.2) is 41.3 Å². The molecule has 0 amide bonds. The maximum absolute atomic E-state index is 12.7. The van der Waals surface area contributed by atoms with Gasteiger partial charge in [-0.3, -0.25) is 9.36 Å². The molecule has 1 aliphatic heterocycles. The van der Waals surface area contributed by atoms with Crippen LogP contribution in [0.4, 0.5) is 5.82 Å². The first kappa shape index (κ1) is 29.9. The van der Waals surface area contributed by atoms with Gasteiger partial charge in [0.15, 0.2) is 23.5 Å². The summed E-state index contributed by atoms with van der Waals surface area (Å²) in [6.07, 6.45) is -3.70. The Balaban J connectivity index is 1.39. The molecule has 17 heteroatoms. The summed E-state index contributed by atoms with van der Waals surface area (Å²) in [7, 11) is -4.84. The number of carbonyl (C=O) groups excluding carboxylic acids is 2. The van der Waals surface area contributed by atoms with E-state index in [1.165, 1.54) is 55.3 Å². The third-order valence-electron chi connectivity index (χ3n) is 6.58. The molecule has 0 saturated carbocycles. The van der Waals surface area contributed by atoms with Crippen LogP contribution in [-0.4, -0.2) is 80.7 Å². The van der Waals surface area contributed by atoms with E-state index in [0.717, 1.165) is 0 Å². The third-order valence-corrected chi connectivity index (χ3v) is 7.40. The number of carboxylic acid groups (broad SMARTS) is 1. The van der Waals surface area contributed by atoms with Gasteiger partial charge in [-0.25, -0.2) is 19.1 Å². The minimum Gasteiger partial charge on any atom is -0.861 e. The molecule has 220 valence electrons. The summed E-state index contributed by atoms with van der Waals surface area (Å²) in [6.45, 7) is 1.93. The summed E-state index contributed by atoms with van der Waals surface area (Å²) < 4.78 is 39.7. The van der Waals surface area contributed by atoms with Crippen molar-refractivity contribution in [3.63, 3.8) is 0 Å². The number of imidazole rings is 1. The number of ether oxygens (including phenoxy) is 1. The molecule has 0 spiro atoms. The van der Waals surface area contributed by atoms with E-state index in [2.05, 4.69) is 19.3 Å². The molecule has 0 radical (unpaired) electrons. The van der Waals surface area contributed by atoms with Crippen molar-refractivity contribution in [2.45, 2.75) is 51.2 Å². The van der Waals surface area contributed by atoms with Crippen LogP contribution in [0.25, 0.3) is 11.2 Å². The van der Waals surface area contributed by atoms with E-state index in [0.29, 0.717) is 0 Å². The third kappa shape index (κ3) is 6.33. The quantitative estimate of drug-likeness (QED) is 0.125. The molecule has 41 heavy (non-hydrogen) atoms. The van der Waals surface area contributed by atoms with Crippen molar-refractivity contribution in [1.29, 1.82) is 0 Å². The van der Waals surface area contributed by atoms with E-state index < -0.39 is 64.5 Å². The van der Waals surface area contributed by atoms with Crippen LogP contribution in [0.2, 0.25) is 0 Å². The average molecular weight is 591 g/mol. The predicted molar refractivity (Wildman–Crippen MR) is 136 cm³/mol. The molecule has 4 atom stereocenters. The monoisotopic (exact) mass is 590 g/mol. The van der Waals surface area contributed by atoms with Gasteiger partial charge in [0.05, 0.1) is 18.9 Å². The topological polar surface area (TPSA) is 255 Å². The summed E-state index contributed by atoms with van der Waals surface area (Å²) in [5.41, 5.74) is 4.34. The first-order valence-corrected chi connectivity index (χ1v) is 13.5. The molecular weight excluding hydrogens is 564 g/mol. The maximum Gasteiger partial charge on any atom is 0.380 e. The molecule has 16 nitrogen and oxygen atoms in total. The van der Waals surface area contributed by atoms with Gasteiger partial charge in [-0.2, -0.15) is 12.8 Å². The molecule has 0 aliphatic carbocycles. The Bertz CT molecular complexity index is 1610. The normalized spacial score (nSPS) is 21.8. The van der Waals surface area contributed by atoms with E-state index >= 15 is 0 Å². The fourth-order valence-corrected chi connectivity index (χ4v) is 4.94. The van der Waals surface area contributed by atoms with Crippen molar-refractivity contribution >= 4 is 44.9 Å². The smallest absolute Gasteiger partial charge is 0.380 e. The Morgan fingerprint density at radius 1 is 1.15 bits per heavy atom. The molecule has 1 saturated heterocycles. The fourth-order valence-electron chi connectivity index (χ4n) is 4.13. The number of nitrogens with two attached hydrogens (primary N) is 1. The summed E-state index contributed by atoms with van der Waals surface area (Å²) in [4.78, 5) is 35.7. The van der Waals surface area contributed by atoms with Crippen molar-refractivity contribution < 1.29 is 47.4 Å². The van der Waals surface area contributed by atoms with Crippen LogP contribution in [0.3, 0.4) is 0 Å². The SMILES string of the molecule is CC(C)(CCC(=O)c1ccccc1C(=O)[O-])C([O-])=NS(=O)(=O)OC[C@H]1O[C@@H](n2cnc3c(N)ncnc32)[C@H](O)[C@@H]1O. The highest BCUT2D eigenvalue weighted by molar-refractivity contribution is 7.85. The van der Waals surface area contributed by atoms with E-state index in [4.69, 9.17) is 14.7 Å². The van der Waals surface area contributed by atoms with Gasteiger partial charge < -0.3 is 35.7 Å². The van der Waals surface area contributed by atoms with E-state index in [1.807, 2.05) is 0 Å². The number of carbonyl (C=O) groups is 2. The summed E-state index contributed by atoms with van der Waals surface area (Å²) >= 11 is 0. The summed E-state index contributed by atoms with van der Waals surface area (Å²) in [5.74, 6) is -3.15. The lowest BCUT2D eigenvalue weighted by Crippen LogP contribution is -2.37. The highest BCUT2D eigenvalue weighted by atomic mass is 32.2. The van der Waals surface area contributed by atoms with Crippen molar-refractivity contribution in [2.75, 3.05) is 12.3 Å². The number of aromatic carboxylic acids is 1. The van der Waals surface area contributed by atoms with Crippen LogP contribution >= 0.6 is 0 Å². The Morgan fingerprint density at radius 3 is 2.51 bits per heavy atom. The molecule has 1 aliphatic rings. The van der Waals surface area contributed by atoms with Crippen LogP contribution in [0.1, 0.15) is 53.6 Å². The van der Waals surface area contributed by atoms with Crippen LogP contribution in [0.5, 0.6) is 0 Å². The number of aromatic nitrogens is 4. The standard InChI is InChI=1S/C24H28N6O10S/c1-24(2,8-7-14(31)12-5-3-4-6-13(12)22(34)35)23(36)29-41(37,38)39-9-15-17(32)18(33)21(40-15)30-11-28-16-19(25)26-10-27-20(16)30/h3-6,10-11,15,17-18,21,32-33H,7-9H2,1-2H3,(H,29,36)(H,34,35)(H2,25,26,27)/p-2/t15-,17-,18-,21-/m1/s1. The lowest BCUT2D eigenvalue weighted by molar-refractivity contribution is -0.255. The van der Waals surface area contributed by atoms with Crippen molar-refractivity contribution in [3.05, 3.63) is 48.0 Å². The van der Waals surface area contributed by atoms with Crippen LogP contribution in [0, 0.1) is 5.41 Å². The van der Waals surface area contributed by atoms with E-state index in [9.17, 15) is 38.4 Å². The van der Waals surface area contributed by atoms with Gasteiger partial charge in [-0.05, 0) is 17.7 Å². The van der Waals surface area contributed by atoms with Gasteiger partial charge in [0, 0.05) is 17.5 Å². The first-order valence-electron chi connectivity index (χ1n) is 12.2. The molecule has 3 aromatic rings. The lowest BCUT2D eigenvalue weighted by atomic mass is 9.85. The Kier molecular flexibility index (Phi) is 8.36. The molecule has 1 fully saturated rings. The predicted octanol–water partition coefficient (Wildman–Crippen LogP) is -1.90. The van der Waals surface area contributed by atoms with Gasteiger partial charge in [0.25, 0.3) is 0 Å². The number of fused-ring (bicyclic) bond motifs is 1. The average Bonchev–Trinajstić information content (AvgIpc) is 3.47. The zero-order valence-electron chi connectivity index (χ0n) is 21.8. The van der Waals surface area contributed by atoms with Gasteiger partial charge in [0.1, 0.15) is 30.2 Å². The molecule has 4 rings (SSSR count). The number of hydrogen-bond acceptors (Lipinski definition) is 14. The summed E-state index contributed by atoms with van der Waals surface area (Å²) in [6, 6.07) is 5.43. The molecule has 0 unspecified atom stereocenters. The number of ketones is 1. The molecule has 3 heterocycles. The number of benzene rings is 1. The largest absolute Gasteiger partial charge is 0.861 e. The number of nitrogens with zero attached hydrogens (tertiary/aromatic N) is 5. The molecule has 1 aromatic carbocycles. The number of aliphatic hydroxyl groups excluding tert-OH is 2. The second kappa shape index (κ2) is 11.5. The zero-order valence-corrected chi connectivity index (χ0v) is 22.6. The van der Waals surface area contributed by atoms with Crippen LogP contribution < -0.4 is 15.9 Å². The van der Waals surface area contributed by atoms with Crippen molar-refractivity contribution in [3.8, 4) is 0 Å². The Hall–Kier alpha value is -4.03. The second-order valence-corrected chi connectivity index (χ2v) is 11.2. The number of carboxylic acids is 1. The number of nitrogen functional groups attached to an aromatic ring is 1.